The zero-order valence-electron chi connectivity index (χ0n) is 30.8. The third-order valence-electron chi connectivity index (χ3n) is 10.8. The summed E-state index contributed by atoms with van der Waals surface area (Å²) in [7, 11) is 0. The van der Waals surface area contributed by atoms with Gasteiger partial charge in [0.2, 0.25) is 0 Å². The molecule has 0 radical (unpaired) electrons. The summed E-state index contributed by atoms with van der Waals surface area (Å²) in [5.74, 6) is 0. The quantitative estimate of drug-likeness (QED) is 0.152. The summed E-state index contributed by atoms with van der Waals surface area (Å²) in [6, 6.07) is 83.1. The number of aromatic nitrogens is 1. The van der Waals surface area contributed by atoms with Gasteiger partial charge in [0, 0.05) is 27.6 Å². The first-order chi connectivity index (χ1) is 27.8. The molecule has 0 aliphatic heterocycles. The van der Waals surface area contributed by atoms with E-state index in [4.69, 9.17) is 0 Å². The average Bonchev–Trinajstić information content (AvgIpc) is 3.63. The zero-order chi connectivity index (χ0) is 37.3. The first-order valence-corrected chi connectivity index (χ1v) is 19.2. The molecule has 0 bridgehead atoms. The zero-order valence-corrected chi connectivity index (χ0v) is 30.8. The molecule has 10 rings (SSSR count). The lowest BCUT2D eigenvalue weighted by atomic mass is 9.96. The molecule has 56 heavy (non-hydrogen) atoms. The number of anilines is 3. The average molecular weight is 715 g/mol. The predicted octanol–water partition coefficient (Wildman–Crippen LogP) is 14.9. The first kappa shape index (κ1) is 33.2. The van der Waals surface area contributed by atoms with E-state index in [9.17, 15) is 0 Å². The summed E-state index contributed by atoms with van der Waals surface area (Å²) < 4.78 is 2.45. The molecule has 2 nitrogen and oxygen atoms in total. The van der Waals surface area contributed by atoms with Crippen LogP contribution < -0.4 is 4.90 Å². The molecule has 1 heterocycles. The smallest absolute Gasteiger partial charge is 0.0562 e. The van der Waals surface area contributed by atoms with Crippen LogP contribution in [0.25, 0.3) is 72.0 Å². The van der Waals surface area contributed by atoms with E-state index in [2.05, 4.69) is 240 Å². The SMILES string of the molecule is c1ccc(-c2ccc(N(c3cc(-c4ccccc4)ccc3-c3ccccc3)c3cccc4c3c3ccccc3n4-c3ccccc3-c3ccccc3)cc2)cc1. The Morgan fingerprint density at radius 1 is 0.304 bits per heavy atom. The second kappa shape index (κ2) is 14.4. The van der Waals surface area contributed by atoms with E-state index < -0.39 is 0 Å². The van der Waals surface area contributed by atoms with E-state index in [1.54, 1.807) is 0 Å². The summed E-state index contributed by atoms with van der Waals surface area (Å²) >= 11 is 0. The van der Waals surface area contributed by atoms with E-state index in [-0.39, 0.29) is 0 Å². The lowest BCUT2D eigenvalue weighted by molar-refractivity contribution is 1.18. The number of hydrogen-bond acceptors (Lipinski definition) is 1. The molecule has 0 saturated carbocycles. The van der Waals surface area contributed by atoms with Crippen molar-refractivity contribution in [3.05, 3.63) is 231 Å². The van der Waals surface area contributed by atoms with Gasteiger partial charge in [-0.2, -0.15) is 0 Å². The Bertz CT molecular complexity index is 2930. The Morgan fingerprint density at radius 2 is 0.804 bits per heavy atom. The predicted molar refractivity (Wildman–Crippen MR) is 237 cm³/mol. The fourth-order valence-corrected chi connectivity index (χ4v) is 8.21. The Balaban J connectivity index is 1.28. The maximum Gasteiger partial charge on any atom is 0.0562 e. The summed E-state index contributed by atoms with van der Waals surface area (Å²) in [6.07, 6.45) is 0. The molecule has 0 amide bonds. The van der Waals surface area contributed by atoms with Crippen LogP contribution in [0.3, 0.4) is 0 Å². The van der Waals surface area contributed by atoms with E-state index >= 15 is 0 Å². The molecular formula is C54H38N2. The van der Waals surface area contributed by atoms with Gasteiger partial charge in [-0.15, -0.1) is 0 Å². The van der Waals surface area contributed by atoms with Crippen LogP contribution in [0.4, 0.5) is 17.1 Å². The van der Waals surface area contributed by atoms with Crippen LogP contribution in [0.15, 0.2) is 231 Å². The van der Waals surface area contributed by atoms with Gasteiger partial charge in [-0.25, -0.2) is 0 Å². The number of benzene rings is 9. The Morgan fingerprint density at radius 3 is 1.48 bits per heavy atom. The number of nitrogens with zero attached hydrogens (tertiary/aromatic N) is 2. The van der Waals surface area contributed by atoms with Crippen molar-refractivity contribution in [2.75, 3.05) is 4.90 Å². The Hall–Kier alpha value is -7.42. The van der Waals surface area contributed by atoms with E-state index in [1.165, 1.54) is 49.7 Å². The summed E-state index contributed by atoms with van der Waals surface area (Å²) in [6.45, 7) is 0. The van der Waals surface area contributed by atoms with Crippen molar-refractivity contribution in [1.82, 2.24) is 4.57 Å². The molecule has 0 N–H and O–H groups in total. The van der Waals surface area contributed by atoms with E-state index in [0.29, 0.717) is 0 Å². The molecule has 264 valence electrons. The Labute approximate surface area is 327 Å². The second-order valence-corrected chi connectivity index (χ2v) is 14.1. The van der Waals surface area contributed by atoms with Crippen molar-refractivity contribution in [2.24, 2.45) is 0 Å². The summed E-state index contributed by atoms with van der Waals surface area (Å²) in [5.41, 5.74) is 16.2. The highest BCUT2D eigenvalue weighted by Crippen LogP contribution is 2.48. The minimum absolute atomic E-state index is 1.08. The highest BCUT2D eigenvalue weighted by Gasteiger charge is 2.24. The fourth-order valence-electron chi connectivity index (χ4n) is 8.21. The largest absolute Gasteiger partial charge is 0.309 e. The molecule has 1 aromatic heterocycles. The molecular weight excluding hydrogens is 677 g/mol. The van der Waals surface area contributed by atoms with Gasteiger partial charge in [0.15, 0.2) is 0 Å². The lowest BCUT2D eigenvalue weighted by Gasteiger charge is -2.29. The van der Waals surface area contributed by atoms with Crippen molar-refractivity contribution >= 4 is 38.9 Å². The molecule has 0 atom stereocenters. The topological polar surface area (TPSA) is 8.17 Å². The first-order valence-electron chi connectivity index (χ1n) is 19.2. The summed E-state index contributed by atoms with van der Waals surface area (Å²) in [4.78, 5) is 2.48. The van der Waals surface area contributed by atoms with Crippen LogP contribution >= 0.6 is 0 Å². The van der Waals surface area contributed by atoms with Gasteiger partial charge < -0.3 is 9.47 Å². The van der Waals surface area contributed by atoms with E-state index in [0.717, 1.165) is 39.4 Å². The van der Waals surface area contributed by atoms with Gasteiger partial charge >= 0.3 is 0 Å². The highest BCUT2D eigenvalue weighted by atomic mass is 15.2. The van der Waals surface area contributed by atoms with Gasteiger partial charge in [0.25, 0.3) is 0 Å². The van der Waals surface area contributed by atoms with Gasteiger partial charge in [0.1, 0.15) is 0 Å². The number of para-hydroxylation sites is 2. The van der Waals surface area contributed by atoms with Gasteiger partial charge in [0.05, 0.1) is 28.1 Å². The van der Waals surface area contributed by atoms with Crippen molar-refractivity contribution in [2.45, 2.75) is 0 Å². The lowest BCUT2D eigenvalue weighted by Crippen LogP contribution is -2.12. The van der Waals surface area contributed by atoms with E-state index in [1.807, 2.05) is 0 Å². The number of hydrogen-bond donors (Lipinski definition) is 0. The van der Waals surface area contributed by atoms with Crippen molar-refractivity contribution in [3.8, 4) is 50.2 Å². The van der Waals surface area contributed by atoms with Gasteiger partial charge in [-0.1, -0.05) is 188 Å². The maximum absolute atomic E-state index is 2.48. The molecule has 9 aromatic carbocycles. The maximum atomic E-state index is 2.48. The van der Waals surface area contributed by atoms with Crippen LogP contribution in [-0.2, 0) is 0 Å². The molecule has 2 heteroatoms. The minimum atomic E-state index is 1.08. The number of fused-ring (bicyclic) bond motifs is 3. The van der Waals surface area contributed by atoms with Crippen LogP contribution in [-0.4, -0.2) is 4.57 Å². The highest BCUT2D eigenvalue weighted by molar-refractivity contribution is 6.17. The van der Waals surface area contributed by atoms with Crippen LogP contribution in [0.1, 0.15) is 0 Å². The molecule has 0 aliphatic rings. The summed E-state index contributed by atoms with van der Waals surface area (Å²) in [5, 5.41) is 2.40. The number of rotatable bonds is 8. The Kier molecular flexibility index (Phi) is 8.55. The fraction of sp³-hybridized carbons (Fsp3) is 0. The van der Waals surface area contributed by atoms with Gasteiger partial charge in [-0.3, -0.25) is 0 Å². The molecule has 0 unspecified atom stereocenters. The molecule has 0 aliphatic carbocycles. The second-order valence-electron chi connectivity index (χ2n) is 14.1. The van der Waals surface area contributed by atoms with Crippen molar-refractivity contribution in [3.63, 3.8) is 0 Å². The monoisotopic (exact) mass is 714 g/mol. The van der Waals surface area contributed by atoms with Crippen molar-refractivity contribution < 1.29 is 0 Å². The van der Waals surface area contributed by atoms with Crippen molar-refractivity contribution in [1.29, 1.82) is 0 Å². The third-order valence-corrected chi connectivity index (χ3v) is 10.8. The van der Waals surface area contributed by atoms with Crippen LogP contribution in [0.5, 0.6) is 0 Å². The van der Waals surface area contributed by atoms with Crippen LogP contribution in [0, 0.1) is 0 Å². The third kappa shape index (κ3) is 5.95. The normalized spacial score (nSPS) is 11.2. The molecule has 0 fully saturated rings. The molecule has 0 saturated heterocycles. The molecule has 10 aromatic rings. The van der Waals surface area contributed by atoms with Gasteiger partial charge in [-0.05, 0) is 75.8 Å². The minimum Gasteiger partial charge on any atom is -0.309 e. The standard InChI is InChI=1S/C54H38N2/c1-5-18-39(19-6-1)41-32-35-45(36-33-41)55(53-38-44(40-20-7-2-8-21-40)34-37-47(53)43-24-11-4-12-25-43)51-30-17-31-52-54(51)48-27-14-16-29-50(48)56(52)49-28-15-13-26-46(49)42-22-9-3-10-23-42/h1-38H. The molecule has 0 spiro atoms. The van der Waals surface area contributed by atoms with Crippen LogP contribution in [0.2, 0.25) is 0 Å².